The molecule has 0 radical (unpaired) electrons. The highest BCUT2D eigenvalue weighted by Crippen LogP contribution is 2.26. The molecule has 1 fully saturated rings. The minimum absolute atomic E-state index is 0.120. The van der Waals surface area contributed by atoms with Crippen LogP contribution >= 0.6 is 0 Å². The number of amides is 2. The fourth-order valence-corrected chi connectivity index (χ4v) is 2.17. The lowest BCUT2D eigenvalue weighted by Crippen LogP contribution is -2.45. The lowest BCUT2D eigenvalue weighted by atomic mass is 9.85. The van der Waals surface area contributed by atoms with Crippen LogP contribution in [0.5, 0.6) is 0 Å². The van der Waals surface area contributed by atoms with E-state index < -0.39 is 5.97 Å². The van der Waals surface area contributed by atoms with Crippen LogP contribution in [0, 0.1) is 5.92 Å². The van der Waals surface area contributed by atoms with Crippen molar-refractivity contribution in [3.63, 3.8) is 0 Å². The van der Waals surface area contributed by atoms with Gasteiger partial charge in [0.2, 0.25) is 0 Å². The largest absolute Gasteiger partial charge is 0.480 e. The second kappa shape index (κ2) is 6.35. The monoisotopic (exact) mass is 228 g/mol. The van der Waals surface area contributed by atoms with E-state index in [1.165, 1.54) is 19.3 Å². The molecule has 1 saturated carbocycles. The van der Waals surface area contributed by atoms with Crippen LogP contribution < -0.4 is 10.6 Å². The third-order valence-electron chi connectivity index (χ3n) is 3.12. The molecule has 1 aliphatic rings. The van der Waals surface area contributed by atoms with Crippen LogP contribution in [0.15, 0.2) is 0 Å². The lowest BCUT2D eigenvalue weighted by molar-refractivity contribution is -0.135. The van der Waals surface area contributed by atoms with E-state index >= 15 is 0 Å². The van der Waals surface area contributed by atoms with Crippen molar-refractivity contribution in [2.24, 2.45) is 5.92 Å². The highest BCUT2D eigenvalue weighted by atomic mass is 16.4. The predicted molar refractivity (Wildman–Crippen MR) is 60.2 cm³/mol. The normalized spacial score (nSPS) is 18.8. The van der Waals surface area contributed by atoms with Gasteiger partial charge in [-0.05, 0) is 25.7 Å². The van der Waals surface area contributed by atoms with Crippen molar-refractivity contribution >= 4 is 12.0 Å². The maximum Gasteiger partial charge on any atom is 0.323 e. The van der Waals surface area contributed by atoms with E-state index in [2.05, 4.69) is 10.6 Å². The van der Waals surface area contributed by atoms with Crippen LogP contribution in [0.25, 0.3) is 0 Å². The minimum Gasteiger partial charge on any atom is -0.480 e. The molecular formula is C11H20N2O3. The summed E-state index contributed by atoms with van der Waals surface area (Å²) >= 11 is 0. The number of urea groups is 1. The van der Waals surface area contributed by atoms with Gasteiger partial charge in [0.05, 0.1) is 0 Å². The number of hydrogen-bond acceptors (Lipinski definition) is 2. The maximum atomic E-state index is 11.3. The number of carbonyl (C=O) groups excluding carboxylic acids is 1. The summed E-state index contributed by atoms with van der Waals surface area (Å²) in [4.78, 5) is 21.6. The smallest absolute Gasteiger partial charge is 0.323 e. The Kier molecular flexibility index (Phi) is 5.08. The van der Waals surface area contributed by atoms with E-state index in [0.29, 0.717) is 5.92 Å². The van der Waals surface area contributed by atoms with Crippen LogP contribution in [-0.2, 0) is 4.79 Å². The van der Waals surface area contributed by atoms with E-state index in [1.807, 2.05) is 6.92 Å². The Bertz CT molecular complexity index is 250. The first kappa shape index (κ1) is 12.8. The summed E-state index contributed by atoms with van der Waals surface area (Å²) in [5.74, 6) is -0.496. The Labute approximate surface area is 95.6 Å². The zero-order valence-corrected chi connectivity index (χ0v) is 9.66. The van der Waals surface area contributed by atoms with E-state index in [-0.39, 0.29) is 18.6 Å². The molecule has 1 atom stereocenters. The van der Waals surface area contributed by atoms with Crippen molar-refractivity contribution in [2.75, 3.05) is 6.54 Å². The summed E-state index contributed by atoms with van der Waals surface area (Å²) in [6.45, 7) is 1.65. The summed E-state index contributed by atoms with van der Waals surface area (Å²) in [7, 11) is 0. The lowest BCUT2D eigenvalue weighted by Gasteiger charge is -2.28. The second-order valence-electron chi connectivity index (χ2n) is 4.41. The molecular weight excluding hydrogens is 208 g/mol. The number of aliphatic carboxylic acids is 1. The van der Waals surface area contributed by atoms with Crippen LogP contribution in [-0.4, -0.2) is 29.7 Å². The summed E-state index contributed by atoms with van der Waals surface area (Å²) in [6.07, 6.45) is 6.05. The van der Waals surface area contributed by atoms with Gasteiger partial charge in [-0.25, -0.2) is 4.79 Å². The number of carbonyl (C=O) groups is 2. The Morgan fingerprint density at radius 2 is 1.94 bits per heavy atom. The highest BCUT2D eigenvalue weighted by molar-refractivity contribution is 5.79. The number of carboxylic acid groups (broad SMARTS) is 1. The molecule has 1 unspecified atom stereocenters. The number of nitrogens with one attached hydrogen (secondary N) is 2. The molecule has 0 aromatic rings. The predicted octanol–water partition coefficient (Wildman–Crippen LogP) is 1.34. The van der Waals surface area contributed by atoms with E-state index in [4.69, 9.17) is 5.11 Å². The third-order valence-corrected chi connectivity index (χ3v) is 3.12. The van der Waals surface area contributed by atoms with E-state index in [9.17, 15) is 9.59 Å². The fraction of sp³-hybridized carbons (Fsp3) is 0.818. The molecule has 3 N–H and O–H groups in total. The molecule has 0 heterocycles. The first-order chi connectivity index (χ1) is 7.59. The Morgan fingerprint density at radius 3 is 2.50 bits per heavy atom. The SMILES string of the molecule is CC(NC(=O)NCC(=O)O)C1CCCCC1. The Balaban J connectivity index is 2.23. The van der Waals surface area contributed by atoms with Crippen LogP contribution in [0.2, 0.25) is 0 Å². The molecule has 5 nitrogen and oxygen atoms in total. The number of rotatable bonds is 4. The van der Waals surface area contributed by atoms with Crippen molar-refractivity contribution < 1.29 is 14.7 Å². The molecule has 0 aliphatic heterocycles. The van der Waals surface area contributed by atoms with Gasteiger partial charge in [-0.2, -0.15) is 0 Å². The van der Waals surface area contributed by atoms with Gasteiger partial charge in [0.25, 0.3) is 0 Å². The maximum absolute atomic E-state index is 11.3. The summed E-state index contributed by atoms with van der Waals surface area (Å²) in [6, 6.07) is -0.269. The molecule has 0 aromatic carbocycles. The van der Waals surface area contributed by atoms with Crippen molar-refractivity contribution in [2.45, 2.75) is 45.1 Å². The molecule has 16 heavy (non-hydrogen) atoms. The first-order valence-corrected chi connectivity index (χ1v) is 5.85. The molecule has 0 bridgehead atoms. The van der Waals surface area contributed by atoms with Crippen LogP contribution in [0.4, 0.5) is 4.79 Å². The average Bonchev–Trinajstić information content (AvgIpc) is 2.27. The van der Waals surface area contributed by atoms with Crippen molar-refractivity contribution in [3.8, 4) is 0 Å². The number of carboxylic acids is 1. The van der Waals surface area contributed by atoms with E-state index in [1.54, 1.807) is 0 Å². The summed E-state index contributed by atoms with van der Waals surface area (Å²) in [5.41, 5.74) is 0. The van der Waals surface area contributed by atoms with Gasteiger partial charge in [-0.1, -0.05) is 19.3 Å². The number of hydrogen-bond donors (Lipinski definition) is 3. The Hall–Kier alpha value is -1.26. The zero-order valence-electron chi connectivity index (χ0n) is 9.66. The molecule has 5 heteroatoms. The second-order valence-corrected chi connectivity index (χ2v) is 4.41. The fourth-order valence-electron chi connectivity index (χ4n) is 2.17. The topological polar surface area (TPSA) is 78.4 Å². The Morgan fingerprint density at radius 1 is 1.31 bits per heavy atom. The van der Waals surface area contributed by atoms with Gasteiger partial charge in [0, 0.05) is 6.04 Å². The molecule has 1 aliphatic carbocycles. The van der Waals surface area contributed by atoms with Crippen LogP contribution in [0.1, 0.15) is 39.0 Å². The van der Waals surface area contributed by atoms with Gasteiger partial charge in [0.1, 0.15) is 6.54 Å². The van der Waals surface area contributed by atoms with Crippen molar-refractivity contribution in [1.82, 2.24) is 10.6 Å². The minimum atomic E-state index is -1.03. The molecule has 0 aromatic heterocycles. The van der Waals surface area contributed by atoms with Gasteiger partial charge in [-0.15, -0.1) is 0 Å². The molecule has 1 rings (SSSR count). The molecule has 92 valence electrons. The van der Waals surface area contributed by atoms with Gasteiger partial charge < -0.3 is 15.7 Å². The molecule has 2 amide bonds. The molecule has 0 spiro atoms. The van der Waals surface area contributed by atoms with E-state index in [0.717, 1.165) is 12.8 Å². The van der Waals surface area contributed by atoms with Gasteiger partial charge in [-0.3, -0.25) is 4.79 Å². The van der Waals surface area contributed by atoms with Crippen molar-refractivity contribution in [1.29, 1.82) is 0 Å². The first-order valence-electron chi connectivity index (χ1n) is 5.85. The quantitative estimate of drug-likeness (QED) is 0.679. The van der Waals surface area contributed by atoms with Crippen molar-refractivity contribution in [3.05, 3.63) is 0 Å². The zero-order chi connectivity index (χ0) is 12.0. The average molecular weight is 228 g/mol. The third kappa shape index (κ3) is 4.51. The standard InChI is InChI=1S/C11H20N2O3/c1-8(9-5-3-2-4-6-9)13-11(16)12-7-10(14)15/h8-9H,2-7H2,1H3,(H,14,15)(H2,12,13,16). The summed E-state index contributed by atoms with van der Waals surface area (Å²) < 4.78 is 0. The van der Waals surface area contributed by atoms with Gasteiger partial charge in [0.15, 0.2) is 0 Å². The van der Waals surface area contributed by atoms with Crippen LogP contribution in [0.3, 0.4) is 0 Å². The highest BCUT2D eigenvalue weighted by Gasteiger charge is 2.21. The molecule has 0 saturated heterocycles. The summed E-state index contributed by atoms with van der Waals surface area (Å²) in [5, 5.41) is 13.5. The van der Waals surface area contributed by atoms with Gasteiger partial charge >= 0.3 is 12.0 Å².